The molecule has 19 heteroatoms. The topological polar surface area (TPSA) is 210 Å². The monoisotopic (exact) mass is 1740 g/mol. The lowest BCUT2D eigenvalue weighted by atomic mass is 9.77. The predicted molar refractivity (Wildman–Crippen MR) is 516 cm³/mol. The maximum atomic E-state index is 13.9. The van der Waals surface area contributed by atoms with E-state index < -0.39 is 11.1 Å². The Morgan fingerprint density at radius 1 is 0.377 bits per heavy atom. The summed E-state index contributed by atoms with van der Waals surface area (Å²) in [7, 11) is 6.57. The van der Waals surface area contributed by atoms with Gasteiger partial charge in [-0.1, -0.05) is 297 Å². The van der Waals surface area contributed by atoms with Crippen LogP contribution in [0.3, 0.4) is 0 Å². The number of halogens is 1. The fraction of sp³-hybridized carbons (Fsp3) is 0.189. The SMILES string of the molecule is COc1ccc(CN)c(OC)c1.COc1ccc(CNc2nn(C(c3ccccc3)(c3ccccc3)c3ccccc3)c3cc4c(cc23)CN([C@H](C)c2ccccc2)C(=O)C4)c(OC)c1.C[C@H](c1ccccc1)N1Cc2cc3c(Cl)nn(C(c4ccccc4)(c4ccccc4)c4ccccc4)c3cc2CC1=O.C[C@H](c1ccccc1)N1Cc2cc3c(cc2CC1=O)CN=C3N. The van der Waals surface area contributed by atoms with Gasteiger partial charge in [0.15, 0.2) is 11.0 Å². The Bertz CT molecular complexity index is 6540. The molecule has 14 aromatic carbocycles. The highest BCUT2D eigenvalue weighted by Crippen LogP contribution is 2.48. The summed E-state index contributed by atoms with van der Waals surface area (Å²) in [6.45, 7) is 9.54. The first-order chi connectivity index (χ1) is 63.5. The molecule has 0 unspecified atom stereocenters. The molecule has 0 radical (unpaired) electrons. The number of benzene rings is 14. The van der Waals surface area contributed by atoms with Crippen LogP contribution in [-0.2, 0) is 84.0 Å². The summed E-state index contributed by atoms with van der Waals surface area (Å²) in [5, 5.41) is 16.6. The number of ether oxygens (including phenoxy) is 4. The number of nitrogens with zero attached hydrogens (tertiary/aromatic N) is 8. The molecule has 4 aliphatic rings. The molecule has 2 aromatic heterocycles. The third kappa shape index (κ3) is 17.3. The largest absolute Gasteiger partial charge is 0.497 e. The van der Waals surface area contributed by atoms with E-state index in [1.54, 1.807) is 28.4 Å². The van der Waals surface area contributed by atoms with Crippen LogP contribution >= 0.6 is 11.6 Å². The Morgan fingerprint density at radius 2 is 0.708 bits per heavy atom. The normalized spacial score (nSPS) is 14.0. The molecule has 130 heavy (non-hydrogen) atoms. The summed E-state index contributed by atoms with van der Waals surface area (Å²) in [5.41, 5.74) is 32.2. The molecule has 3 amide bonds. The Balaban J connectivity index is 0.000000135. The van der Waals surface area contributed by atoms with Crippen molar-refractivity contribution in [1.29, 1.82) is 0 Å². The van der Waals surface area contributed by atoms with Crippen molar-refractivity contribution >= 4 is 62.8 Å². The van der Waals surface area contributed by atoms with Crippen molar-refractivity contribution in [3.05, 3.63) is 457 Å². The third-order valence-corrected chi connectivity index (χ3v) is 26.1. The van der Waals surface area contributed by atoms with Gasteiger partial charge in [0, 0.05) is 72.3 Å². The van der Waals surface area contributed by atoms with E-state index in [-0.39, 0.29) is 35.8 Å². The van der Waals surface area contributed by atoms with Gasteiger partial charge in [0.2, 0.25) is 17.7 Å². The van der Waals surface area contributed by atoms with Gasteiger partial charge < -0.3 is 50.4 Å². The first kappa shape index (κ1) is 87.2. The molecule has 16 aromatic rings. The molecule has 0 saturated carbocycles. The zero-order chi connectivity index (χ0) is 90.0. The fourth-order valence-corrected chi connectivity index (χ4v) is 19.0. The molecule has 5 N–H and O–H groups in total. The number of methoxy groups -OCH3 is 4. The number of amidine groups is 1. The van der Waals surface area contributed by atoms with E-state index in [0.717, 1.165) is 151 Å². The standard InChI is InChI=1S/C46H42N4O3.C37H30ClN3O.C19H19N3O.C9H13NO2/c1-32(33-16-8-4-9-17-33)49-31-36-26-41-42(27-35(36)28-44(49)51)50(48-45(41)47-30-34-24-25-40(52-2)29-43(34)53-3)46(37-18-10-5-11-19-37,38-20-12-6-13-21-38)39-22-14-7-15-23-39;1-26(27-14-6-2-7-15-27)40-25-29-22-33-34(23-28(29)24-35(40)42)41(39-36(33)38)37(30-16-8-3-9-17-30,31-18-10-4-11-19-31)32-20-12-5-13-21-32;1-12(13-5-3-2-4-6-13)22-11-16-8-17-15(10-21-19(17)20)7-14(16)9-18(22)23;1-11-8-4-3-7(6-10)9(5-8)12-2/h4-27,29,32H,28,30-31H2,1-3H3,(H,47,48);2-23,26H,24-25H2,1H3;2-8,12H,9-11H2,1H3,(H2,20,21);3-5H,6,10H2,1-2H3/t32-;26-;12-;/m111./s1. The van der Waals surface area contributed by atoms with Crippen molar-refractivity contribution in [2.75, 3.05) is 33.8 Å². The summed E-state index contributed by atoms with van der Waals surface area (Å²) in [4.78, 5) is 50.2. The van der Waals surface area contributed by atoms with Crippen LogP contribution in [0.5, 0.6) is 23.0 Å². The lowest BCUT2D eigenvalue weighted by Gasteiger charge is -2.37. The molecule has 0 aliphatic carbocycles. The highest BCUT2D eigenvalue weighted by Gasteiger charge is 2.44. The fourth-order valence-electron chi connectivity index (χ4n) is 18.8. The van der Waals surface area contributed by atoms with Crippen LogP contribution in [0.4, 0.5) is 5.82 Å². The average molecular weight is 1740 g/mol. The summed E-state index contributed by atoms with van der Waals surface area (Å²) in [6.07, 6.45) is 1.11. The average Bonchev–Trinajstić information content (AvgIpc) is 1.49. The van der Waals surface area contributed by atoms with Crippen LogP contribution in [-0.4, -0.2) is 86.3 Å². The van der Waals surface area contributed by atoms with Gasteiger partial charge in [0.1, 0.15) is 39.9 Å². The second kappa shape index (κ2) is 38.8. The summed E-state index contributed by atoms with van der Waals surface area (Å²) in [6, 6.07) is 118. The minimum Gasteiger partial charge on any atom is -0.497 e. The highest BCUT2D eigenvalue weighted by molar-refractivity contribution is 6.34. The number of fused-ring (bicyclic) bond motifs is 6. The maximum Gasteiger partial charge on any atom is 0.227 e. The van der Waals surface area contributed by atoms with Crippen molar-refractivity contribution in [2.24, 2.45) is 16.5 Å². The minimum atomic E-state index is -0.847. The van der Waals surface area contributed by atoms with Crippen LogP contribution < -0.4 is 35.7 Å². The third-order valence-electron chi connectivity index (χ3n) is 25.8. The van der Waals surface area contributed by atoms with Crippen molar-refractivity contribution in [2.45, 2.75) is 109 Å². The van der Waals surface area contributed by atoms with Crippen LogP contribution in [0.1, 0.15) is 145 Å². The molecule has 6 heterocycles. The van der Waals surface area contributed by atoms with Crippen molar-refractivity contribution in [3.8, 4) is 23.0 Å². The number of amides is 3. The van der Waals surface area contributed by atoms with Crippen molar-refractivity contribution < 1.29 is 33.3 Å². The highest BCUT2D eigenvalue weighted by atomic mass is 35.5. The summed E-state index contributed by atoms with van der Waals surface area (Å²) >= 11 is 7.00. The second-order valence-corrected chi connectivity index (χ2v) is 33.5. The van der Waals surface area contributed by atoms with Gasteiger partial charge in [-0.25, -0.2) is 9.36 Å². The van der Waals surface area contributed by atoms with E-state index in [0.29, 0.717) is 69.5 Å². The van der Waals surface area contributed by atoms with Crippen molar-refractivity contribution in [3.63, 3.8) is 0 Å². The summed E-state index contributed by atoms with van der Waals surface area (Å²) in [5.74, 6) is 4.79. The number of hydrogen-bond donors (Lipinski definition) is 3. The molecule has 4 aliphatic heterocycles. The lowest BCUT2D eigenvalue weighted by molar-refractivity contribution is -0.135. The van der Waals surface area contributed by atoms with E-state index in [9.17, 15) is 14.4 Å². The van der Waals surface area contributed by atoms with E-state index in [4.69, 9.17) is 52.2 Å². The molecule has 0 spiro atoms. The molecule has 20 rings (SSSR count). The second-order valence-electron chi connectivity index (χ2n) is 33.1. The number of aliphatic imine (C=N–C) groups is 1. The molecule has 3 atom stereocenters. The predicted octanol–water partition coefficient (Wildman–Crippen LogP) is 21.0. The first-order valence-electron chi connectivity index (χ1n) is 44.0. The first-order valence-corrected chi connectivity index (χ1v) is 44.3. The number of nitrogens with one attached hydrogen (secondary N) is 1. The van der Waals surface area contributed by atoms with Crippen LogP contribution in [0, 0.1) is 0 Å². The van der Waals surface area contributed by atoms with Gasteiger partial charge in [0.05, 0.1) is 83.4 Å². The van der Waals surface area contributed by atoms with Crippen LogP contribution in [0.2, 0.25) is 5.15 Å². The van der Waals surface area contributed by atoms with Gasteiger partial charge in [-0.05, 0) is 158 Å². The number of hydrogen-bond acceptors (Lipinski definition) is 13. The zero-order valence-corrected chi connectivity index (χ0v) is 74.7. The quantitative estimate of drug-likeness (QED) is 0.0541. The Kier molecular flexibility index (Phi) is 26.0. The number of carbonyl (C=O) groups excluding carboxylic acids is 3. The number of rotatable bonds is 22. The lowest BCUT2D eigenvalue weighted by Crippen LogP contribution is -2.39. The summed E-state index contributed by atoms with van der Waals surface area (Å²) < 4.78 is 25.6. The Hall–Kier alpha value is -14.9. The molecule has 0 fully saturated rings. The molecule has 0 bridgehead atoms. The zero-order valence-electron chi connectivity index (χ0n) is 74.0. The van der Waals surface area contributed by atoms with Gasteiger partial charge in [-0.15, -0.1) is 0 Å². The molecule has 0 saturated heterocycles. The Morgan fingerprint density at radius 3 is 1.08 bits per heavy atom. The minimum absolute atomic E-state index is 0.0253. The number of aromatic nitrogens is 4. The van der Waals surface area contributed by atoms with Gasteiger partial charge >= 0.3 is 0 Å². The maximum absolute atomic E-state index is 13.9. The van der Waals surface area contributed by atoms with E-state index in [1.807, 2.05) is 142 Å². The van der Waals surface area contributed by atoms with Crippen molar-refractivity contribution in [1.82, 2.24) is 34.3 Å². The molecular weight excluding hydrogens is 1630 g/mol. The van der Waals surface area contributed by atoms with Gasteiger partial charge in [0.25, 0.3) is 0 Å². The smallest absolute Gasteiger partial charge is 0.227 e. The van der Waals surface area contributed by atoms with E-state index in [2.05, 4.69) is 259 Å². The number of carbonyl (C=O) groups is 3. The Labute approximate surface area is 764 Å². The van der Waals surface area contributed by atoms with Gasteiger partial charge in [-0.2, -0.15) is 10.2 Å². The van der Waals surface area contributed by atoms with E-state index in [1.165, 1.54) is 5.56 Å². The molecule has 18 nitrogen and oxygen atoms in total. The molecular formula is C111H104ClN11O7. The molecule has 652 valence electrons. The number of anilines is 1. The van der Waals surface area contributed by atoms with Crippen LogP contribution in [0.25, 0.3) is 21.8 Å². The number of nitrogens with two attached hydrogens (primary N) is 2. The van der Waals surface area contributed by atoms with E-state index >= 15 is 0 Å². The van der Waals surface area contributed by atoms with Crippen LogP contribution in [0.15, 0.2) is 351 Å². The van der Waals surface area contributed by atoms with Gasteiger partial charge in [-0.3, -0.25) is 19.4 Å².